The molecule has 0 saturated carbocycles. The lowest BCUT2D eigenvalue weighted by atomic mass is 10.3. The smallest absolute Gasteiger partial charge is 0.425 e. The number of ether oxygens (including phenoxy) is 1. The molecule has 0 aliphatic rings. The van der Waals surface area contributed by atoms with Gasteiger partial charge >= 0.3 is 6.18 Å². The summed E-state index contributed by atoms with van der Waals surface area (Å²) < 4.78 is 41.0. The highest BCUT2D eigenvalue weighted by Gasteiger charge is 2.37. The Balaban J connectivity index is 2.70. The van der Waals surface area contributed by atoms with Gasteiger partial charge in [-0.05, 0) is 19.1 Å². The van der Waals surface area contributed by atoms with E-state index in [0.717, 1.165) is 6.92 Å². The van der Waals surface area contributed by atoms with Crippen molar-refractivity contribution in [1.82, 2.24) is 0 Å². The molecule has 80 valence electrons. The van der Waals surface area contributed by atoms with Crippen LogP contribution in [0.5, 0.6) is 5.75 Å². The second-order valence-corrected chi connectivity index (χ2v) is 2.91. The molecule has 0 fully saturated rings. The zero-order chi connectivity index (χ0) is 11.5. The van der Waals surface area contributed by atoms with Gasteiger partial charge in [0.25, 0.3) is 0 Å². The van der Waals surface area contributed by atoms with Crippen molar-refractivity contribution in [1.29, 1.82) is 0 Å². The van der Waals surface area contributed by atoms with Gasteiger partial charge in [-0.15, -0.1) is 0 Å². The first-order chi connectivity index (χ1) is 6.93. The summed E-state index contributed by atoms with van der Waals surface area (Å²) in [6.07, 6.45) is -6.23. The number of hydrogen-bond acceptors (Lipinski definition) is 1. The van der Waals surface area contributed by atoms with E-state index in [1.54, 1.807) is 0 Å². The number of rotatable bonds is 2. The SMILES string of the molecule is [C-]#[N+]c1ccc(OC(C)C(F)(F)F)cc1. The number of halogens is 3. The van der Waals surface area contributed by atoms with E-state index in [4.69, 9.17) is 6.57 Å². The fourth-order valence-corrected chi connectivity index (χ4v) is 0.870. The van der Waals surface area contributed by atoms with E-state index < -0.39 is 12.3 Å². The van der Waals surface area contributed by atoms with Gasteiger partial charge in [-0.2, -0.15) is 13.2 Å². The van der Waals surface area contributed by atoms with Crippen molar-refractivity contribution in [3.05, 3.63) is 35.7 Å². The van der Waals surface area contributed by atoms with Crippen molar-refractivity contribution in [2.45, 2.75) is 19.2 Å². The van der Waals surface area contributed by atoms with Crippen LogP contribution in [0.25, 0.3) is 4.85 Å². The Kier molecular flexibility index (Phi) is 3.20. The predicted octanol–water partition coefficient (Wildman–Crippen LogP) is 3.57. The maximum atomic E-state index is 12.1. The molecule has 1 atom stereocenters. The van der Waals surface area contributed by atoms with Crippen LogP contribution in [0.3, 0.4) is 0 Å². The molecular weight excluding hydrogens is 207 g/mol. The minimum absolute atomic E-state index is 0.104. The molecule has 1 aromatic carbocycles. The van der Waals surface area contributed by atoms with E-state index in [1.807, 2.05) is 0 Å². The molecule has 15 heavy (non-hydrogen) atoms. The van der Waals surface area contributed by atoms with Crippen molar-refractivity contribution < 1.29 is 17.9 Å². The maximum absolute atomic E-state index is 12.1. The van der Waals surface area contributed by atoms with Gasteiger partial charge in [0.1, 0.15) is 5.75 Å². The number of benzene rings is 1. The van der Waals surface area contributed by atoms with Crippen LogP contribution >= 0.6 is 0 Å². The lowest BCUT2D eigenvalue weighted by Crippen LogP contribution is -2.31. The van der Waals surface area contributed by atoms with E-state index >= 15 is 0 Å². The van der Waals surface area contributed by atoms with Gasteiger partial charge in [0, 0.05) is 0 Å². The molecule has 2 nitrogen and oxygen atoms in total. The Morgan fingerprint density at radius 2 is 1.80 bits per heavy atom. The monoisotopic (exact) mass is 215 g/mol. The van der Waals surface area contributed by atoms with Crippen LogP contribution in [0.1, 0.15) is 6.92 Å². The van der Waals surface area contributed by atoms with Gasteiger partial charge in [0.15, 0.2) is 11.8 Å². The average Bonchev–Trinajstić information content (AvgIpc) is 2.17. The van der Waals surface area contributed by atoms with Crippen LogP contribution < -0.4 is 4.74 Å². The van der Waals surface area contributed by atoms with Gasteiger partial charge in [0.05, 0.1) is 6.57 Å². The molecule has 1 rings (SSSR count). The largest absolute Gasteiger partial charge is 0.481 e. The molecule has 0 spiro atoms. The number of alkyl halides is 3. The van der Waals surface area contributed by atoms with E-state index in [2.05, 4.69) is 9.58 Å². The second-order valence-electron chi connectivity index (χ2n) is 2.91. The van der Waals surface area contributed by atoms with Crippen LogP contribution in [0.15, 0.2) is 24.3 Å². The third kappa shape index (κ3) is 3.17. The highest BCUT2D eigenvalue weighted by atomic mass is 19.4. The Morgan fingerprint density at radius 1 is 1.27 bits per heavy atom. The Bertz CT molecular complexity index is 364. The molecule has 5 heteroatoms. The minimum atomic E-state index is -4.38. The third-order valence-electron chi connectivity index (χ3n) is 1.74. The molecule has 0 heterocycles. The van der Waals surface area contributed by atoms with Crippen LogP contribution in [-0.2, 0) is 0 Å². The van der Waals surface area contributed by atoms with Crippen molar-refractivity contribution in [3.63, 3.8) is 0 Å². The quantitative estimate of drug-likeness (QED) is 0.687. The molecule has 0 aliphatic heterocycles. The highest BCUT2D eigenvalue weighted by Crippen LogP contribution is 2.26. The van der Waals surface area contributed by atoms with Crippen LogP contribution in [0.2, 0.25) is 0 Å². The summed E-state index contributed by atoms with van der Waals surface area (Å²) in [5.74, 6) is 0.104. The Hall–Kier alpha value is -1.70. The zero-order valence-corrected chi connectivity index (χ0v) is 7.88. The fourth-order valence-electron chi connectivity index (χ4n) is 0.870. The maximum Gasteiger partial charge on any atom is 0.425 e. The zero-order valence-electron chi connectivity index (χ0n) is 7.88. The molecule has 0 aliphatic carbocycles. The summed E-state index contributed by atoms with van der Waals surface area (Å²) in [7, 11) is 0. The average molecular weight is 215 g/mol. The topological polar surface area (TPSA) is 13.6 Å². The number of hydrogen-bond donors (Lipinski definition) is 0. The molecule has 0 radical (unpaired) electrons. The summed E-state index contributed by atoms with van der Waals surface area (Å²) >= 11 is 0. The summed E-state index contributed by atoms with van der Waals surface area (Å²) in [5, 5.41) is 0. The van der Waals surface area contributed by atoms with Gasteiger partial charge < -0.3 is 4.74 Å². The molecule has 0 bridgehead atoms. The van der Waals surface area contributed by atoms with E-state index in [1.165, 1.54) is 24.3 Å². The van der Waals surface area contributed by atoms with Gasteiger partial charge in [0.2, 0.25) is 0 Å². The van der Waals surface area contributed by atoms with E-state index in [-0.39, 0.29) is 5.75 Å². The van der Waals surface area contributed by atoms with Gasteiger partial charge in [-0.25, -0.2) is 4.85 Å². The Labute approximate surface area is 85.1 Å². The molecule has 1 aromatic rings. The molecule has 0 N–H and O–H groups in total. The molecular formula is C10H8F3NO. The first kappa shape index (κ1) is 11.4. The first-order valence-corrected chi connectivity index (χ1v) is 4.14. The molecule has 0 amide bonds. The van der Waals surface area contributed by atoms with E-state index in [9.17, 15) is 13.2 Å². The van der Waals surface area contributed by atoms with Gasteiger partial charge in [-0.1, -0.05) is 12.1 Å². The number of nitrogens with zero attached hydrogens (tertiary/aromatic N) is 1. The molecule has 1 unspecified atom stereocenters. The van der Waals surface area contributed by atoms with Crippen molar-refractivity contribution in [2.75, 3.05) is 0 Å². The first-order valence-electron chi connectivity index (χ1n) is 4.14. The lowest BCUT2D eigenvalue weighted by molar-refractivity contribution is -0.189. The summed E-state index contributed by atoms with van der Waals surface area (Å²) in [5.41, 5.74) is 0.363. The van der Waals surface area contributed by atoms with Gasteiger partial charge in [-0.3, -0.25) is 0 Å². The van der Waals surface area contributed by atoms with Crippen LogP contribution in [0.4, 0.5) is 18.9 Å². The van der Waals surface area contributed by atoms with E-state index in [0.29, 0.717) is 5.69 Å². The van der Waals surface area contributed by atoms with Crippen LogP contribution in [-0.4, -0.2) is 12.3 Å². The third-order valence-corrected chi connectivity index (χ3v) is 1.74. The van der Waals surface area contributed by atoms with Crippen molar-refractivity contribution in [3.8, 4) is 5.75 Å². The summed E-state index contributed by atoms with van der Waals surface area (Å²) in [6.45, 7) is 7.59. The standard InChI is InChI=1S/C10H8F3NO/c1-7(10(11,12)13)15-9-5-3-8(14-2)4-6-9/h3-7H,1H3. The molecule has 0 aromatic heterocycles. The van der Waals surface area contributed by atoms with Crippen LogP contribution in [0, 0.1) is 6.57 Å². The summed E-state index contributed by atoms with van der Waals surface area (Å²) in [4.78, 5) is 3.11. The van der Waals surface area contributed by atoms with Crippen molar-refractivity contribution in [2.24, 2.45) is 0 Å². The predicted molar refractivity (Wildman–Crippen MR) is 48.8 cm³/mol. The fraction of sp³-hybridized carbons (Fsp3) is 0.300. The highest BCUT2D eigenvalue weighted by molar-refractivity contribution is 5.47. The second kappa shape index (κ2) is 4.22. The molecule has 0 saturated heterocycles. The normalized spacial score (nSPS) is 13.0. The summed E-state index contributed by atoms with van der Waals surface area (Å²) in [6, 6.07) is 5.50. The lowest BCUT2D eigenvalue weighted by Gasteiger charge is -2.17. The van der Waals surface area contributed by atoms with Crippen molar-refractivity contribution >= 4 is 5.69 Å². The minimum Gasteiger partial charge on any atom is -0.481 e. The Morgan fingerprint density at radius 3 is 2.20 bits per heavy atom.